The maximum atomic E-state index is 6.28. The molecule has 1 aliphatic rings. The van der Waals surface area contributed by atoms with Gasteiger partial charge in [0.1, 0.15) is 0 Å². The van der Waals surface area contributed by atoms with Gasteiger partial charge in [0, 0.05) is 0 Å². The quantitative estimate of drug-likeness (QED) is 0.565. The Morgan fingerprint density at radius 3 is 2.41 bits per heavy atom. The average molecular weight is 230 g/mol. The molecule has 3 unspecified atom stereocenters. The minimum Gasteiger partial charge on any atom is -0.0987 e. The second-order valence-corrected chi connectivity index (χ2v) is 6.31. The Morgan fingerprint density at radius 1 is 1.12 bits per heavy atom. The number of rotatable bonds is 7. The molecule has 2 heteroatoms. The number of hydrogen-bond donors (Lipinski definition) is 0. The van der Waals surface area contributed by atoms with E-state index in [-0.39, 0.29) is 0 Å². The van der Waals surface area contributed by atoms with Gasteiger partial charge < -0.3 is 0 Å². The molecule has 1 aliphatic carbocycles. The van der Waals surface area contributed by atoms with Gasteiger partial charge in [-0.05, 0) is 24.2 Å². The number of hydrogen-bond acceptors (Lipinski definition) is 0. The zero-order valence-electron chi connectivity index (χ0n) is 12.0. The summed E-state index contributed by atoms with van der Waals surface area (Å²) in [5.41, 5.74) is 0. The molecular formula is C15H28B2. The van der Waals surface area contributed by atoms with E-state index in [1.54, 1.807) is 0 Å². The van der Waals surface area contributed by atoms with Gasteiger partial charge in [-0.15, -0.1) is 0 Å². The minimum absolute atomic E-state index is 0.425. The Bertz CT molecular complexity index is 211. The molecular weight excluding hydrogens is 202 g/mol. The van der Waals surface area contributed by atoms with E-state index in [4.69, 9.17) is 15.7 Å². The summed E-state index contributed by atoms with van der Waals surface area (Å²) in [6.45, 7) is 6.87. The van der Waals surface area contributed by atoms with Gasteiger partial charge in [0.25, 0.3) is 0 Å². The van der Waals surface area contributed by atoms with Crippen molar-refractivity contribution in [3.63, 3.8) is 0 Å². The third-order valence-electron chi connectivity index (χ3n) is 4.60. The van der Waals surface area contributed by atoms with Gasteiger partial charge in [0.05, 0.1) is 15.7 Å². The van der Waals surface area contributed by atoms with Crippen molar-refractivity contribution in [2.24, 2.45) is 17.8 Å². The van der Waals surface area contributed by atoms with Gasteiger partial charge in [0.15, 0.2) is 0 Å². The molecule has 0 aliphatic heterocycles. The molecule has 0 heterocycles. The van der Waals surface area contributed by atoms with Crippen LogP contribution >= 0.6 is 0 Å². The topological polar surface area (TPSA) is 0 Å². The van der Waals surface area contributed by atoms with Crippen LogP contribution in [0.3, 0.4) is 0 Å². The van der Waals surface area contributed by atoms with E-state index in [9.17, 15) is 0 Å². The molecule has 0 amide bonds. The summed E-state index contributed by atoms with van der Waals surface area (Å²) < 4.78 is 0. The smallest absolute Gasteiger partial charge is 0.0620 e. The highest BCUT2D eigenvalue weighted by molar-refractivity contribution is 6.39. The summed E-state index contributed by atoms with van der Waals surface area (Å²) in [4.78, 5) is 0. The van der Waals surface area contributed by atoms with Crippen LogP contribution in [0.15, 0.2) is 0 Å². The molecule has 94 valence electrons. The first-order chi connectivity index (χ1) is 8.00. The van der Waals surface area contributed by atoms with Crippen LogP contribution in [-0.2, 0) is 0 Å². The monoisotopic (exact) mass is 230 g/mol. The van der Waals surface area contributed by atoms with Crippen molar-refractivity contribution in [2.45, 2.75) is 77.4 Å². The van der Waals surface area contributed by atoms with E-state index in [2.05, 4.69) is 20.8 Å². The molecule has 3 atom stereocenters. The summed E-state index contributed by atoms with van der Waals surface area (Å²) in [5.74, 6) is 2.46. The molecule has 0 aromatic rings. The molecule has 0 N–H and O–H groups in total. The van der Waals surface area contributed by atoms with Crippen LogP contribution in [0.2, 0.25) is 5.21 Å². The normalized spacial score (nSPS) is 29.7. The minimum atomic E-state index is -0.425. The lowest BCUT2D eigenvalue weighted by molar-refractivity contribution is 0.272. The summed E-state index contributed by atoms with van der Waals surface area (Å²) in [5, 5.41) is -0.425. The number of unbranched alkanes of at least 4 members (excludes halogenated alkanes) is 1. The van der Waals surface area contributed by atoms with Crippen LogP contribution in [0.4, 0.5) is 0 Å². The second kappa shape index (κ2) is 6.90. The molecule has 1 fully saturated rings. The molecule has 0 bridgehead atoms. The first-order valence-corrected chi connectivity index (χ1v) is 7.58. The summed E-state index contributed by atoms with van der Waals surface area (Å²) in [6.07, 6.45) is 9.78. The van der Waals surface area contributed by atoms with Crippen LogP contribution in [0.25, 0.3) is 0 Å². The summed E-state index contributed by atoms with van der Waals surface area (Å²) in [7, 11) is 12.6. The second-order valence-electron chi connectivity index (χ2n) is 6.31. The maximum absolute atomic E-state index is 6.28. The average Bonchev–Trinajstić information content (AvgIpc) is 2.59. The maximum Gasteiger partial charge on any atom is 0.0620 e. The molecule has 0 nitrogen and oxygen atoms in total. The van der Waals surface area contributed by atoms with Gasteiger partial charge >= 0.3 is 0 Å². The molecule has 1 rings (SSSR count). The molecule has 0 spiro atoms. The fraction of sp³-hybridized carbons (Fsp3) is 1.00. The van der Waals surface area contributed by atoms with E-state index in [1.807, 2.05) is 0 Å². The largest absolute Gasteiger partial charge is 0.0987 e. The zero-order valence-corrected chi connectivity index (χ0v) is 12.0. The molecule has 0 aromatic heterocycles. The van der Waals surface area contributed by atoms with Crippen molar-refractivity contribution in [3.05, 3.63) is 0 Å². The summed E-state index contributed by atoms with van der Waals surface area (Å²) in [6, 6.07) is 0. The van der Waals surface area contributed by atoms with Crippen LogP contribution in [0, 0.1) is 17.8 Å². The van der Waals surface area contributed by atoms with Crippen molar-refractivity contribution in [1.29, 1.82) is 0 Å². The Morgan fingerprint density at radius 2 is 1.82 bits per heavy atom. The zero-order chi connectivity index (χ0) is 12.9. The Hall–Kier alpha value is 0.130. The van der Waals surface area contributed by atoms with E-state index >= 15 is 0 Å². The van der Waals surface area contributed by atoms with Crippen molar-refractivity contribution in [2.75, 3.05) is 0 Å². The van der Waals surface area contributed by atoms with Gasteiger partial charge in [0.2, 0.25) is 0 Å². The highest BCUT2D eigenvalue weighted by Gasteiger charge is 2.35. The lowest BCUT2D eigenvalue weighted by atomic mass is 9.48. The first kappa shape index (κ1) is 15.2. The van der Waals surface area contributed by atoms with E-state index in [0.29, 0.717) is 0 Å². The van der Waals surface area contributed by atoms with Crippen LogP contribution in [0.1, 0.15) is 72.1 Å². The third-order valence-corrected chi connectivity index (χ3v) is 4.60. The van der Waals surface area contributed by atoms with E-state index < -0.39 is 5.21 Å². The lowest BCUT2D eigenvalue weighted by Gasteiger charge is -2.34. The Kier molecular flexibility index (Phi) is 6.17. The predicted molar refractivity (Wildman–Crippen MR) is 78.6 cm³/mol. The van der Waals surface area contributed by atoms with Crippen molar-refractivity contribution in [3.8, 4) is 0 Å². The highest BCUT2D eigenvalue weighted by Crippen LogP contribution is 2.47. The molecule has 0 aromatic carbocycles. The van der Waals surface area contributed by atoms with Crippen molar-refractivity contribution in [1.82, 2.24) is 0 Å². The van der Waals surface area contributed by atoms with Gasteiger partial charge in [-0.2, -0.15) is 0 Å². The fourth-order valence-corrected chi connectivity index (χ4v) is 3.51. The first-order valence-electron chi connectivity index (χ1n) is 7.58. The van der Waals surface area contributed by atoms with Crippen molar-refractivity contribution < 1.29 is 0 Å². The molecule has 17 heavy (non-hydrogen) atoms. The Balaban J connectivity index is 2.51. The van der Waals surface area contributed by atoms with E-state index in [0.717, 1.165) is 37.0 Å². The van der Waals surface area contributed by atoms with Gasteiger partial charge in [-0.1, -0.05) is 70.9 Å². The standard InChI is InChI=1S/C15H28B2/c1-4-6-10-15(16,17)11-14-12(3)8-9-13(14)7-5-2/h12-14H,4-11H2,1-3H3. The van der Waals surface area contributed by atoms with Crippen LogP contribution in [-0.4, -0.2) is 15.7 Å². The van der Waals surface area contributed by atoms with Gasteiger partial charge in [-0.25, -0.2) is 0 Å². The third kappa shape index (κ3) is 4.72. The highest BCUT2D eigenvalue weighted by atomic mass is 14.4. The fourth-order valence-electron chi connectivity index (χ4n) is 3.51. The molecule has 1 saturated carbocycles. The lowest BCUT2D eigenvalue weighted by Crippen LogP contribution is -2.23. The van der Waals surface area contributed by atoms with Crippen LogP contribution < -0.4 is 0 Å². The molecule has 4 radical (unpaired) electrons. The van der Waals surface area contributed by atoms with Gasteiger partial charge in [-0.3, -0.25) is 0 Å². The Labute approximate surface area is 111 Å². The van der Waals surface area contributed by atoms with Crippen molar-refractivity contribution >= 4 is 15.7 Å². The predicted octanol–water partition coefficient (Wildman–Crippen LogP) is 4.48. The van der Waals surface area contributed by atoms with E-state index in [1.165, 1.54) is 32.1 Å². The SMILES string of the molecule is [B]C([B])(CCCC)CC1C(C)CCC1CCC. The molecule has 0 saturated heterocycles. The summed E-state index contributed by atoms with van der Waals surface area (Å²) >= 11 is 0. The van der Waals surface area contributed by atoms with Crippen LogP contribution in [0.5, 0.6) is 0 Å².